The van der Waals surface area contributed by atoms with Crippen molar-refractivity contribution >= 4 is 39.6 Å². The molecule has 2 aromatic rings. The Hall–Kier alpha value is -1.86. The Morgan fingerprint density at radius 3 is 2.79 bits per heavy atom. The van der Waals surface area contributed by atoms with Crippen LogP contribution in [0.15, 0.2) is 17.5 Å². The fourth-order valence-corrected chi connectivity index (χ4v) is 3.20. The van der Waals surface area contributed by atoms with Crippen LogP contribution in [0.1, 0.15) is 24.9 Å². The Morgan fingerprint density at radius 2 is 2.16 bits per heavy atom. The quantitative estimate of drug-likeness (QED) is 0.909. The van der Waals surface area contributed by atoms with Crippen molar-refractivity contribution in [2.24, 2.45) is 0 Å². The molecule has 0 spiro atoms. The molecule has 0 saturated carbocycles. The molecule has 1 amide bonds. The van der Waals surface area contributed by atoms with Crippen molar-refractivity contribution in [1.82, 2.24) is 0 Å². The van der Waals surface area contributed by atoms with Gasteiger partial charge in [-0.3, -0.25) is 4.79 Å². The number of anilines is 1. The van der Waals surface area contributed by atoms with Gasteiger partial charge in [-0.05, 0) is 24.4 Å². The standard InChI is InChI=1S/C12H11NO4S2/c1-6-5-7(12(15)16)11(19-6)13-10(14)9-8(17-2)3-4-18-9/h3-5H,1-2H3,(H,13,14)(H,15,16). The van der Waals surface area contributed by atoms with Gasteiger partial charge in [0.1, 0.15) is 15.6 Å². The number of amides is 1. The summed E-state index contributed by atoms with van der Waals surface area (Å²) in [7, 11) is 1.48. The summed E-state index contributed by atoms with van der Waals surface area (Å²) in [6.45, 7) is 1.79. The van der Waals surface area contributed by atoms with Crippen molar-refractivity contribution in [3.63, 3.8) is 0 Å². The van der Waals surface area contributed by atoms with Crippen molar-refractivity contribution in [3.05, 3.63) is 32.8 Å². The van der Waals surface area contributed by atoms with Gasteiger partial charge in [-0.1, -0.05) is 0 Å². The zero-order chi connectivity index (χ0) is 14.0. The summed E-state index contributed by atoms with van der Waals surface area (Å²) in [5.41, 5.74) is 0.103. The molecule has 0 bridgehead atoms. The van der Waals surface area contributed by atoms with E-state index in [0.29, 0.717) is 15.6 Å². The van der Waals surface area contributed by atoms with Crippen LogP contribution in [-0.4, -0.2) is 24.1 Å². The summed E-state index contributed by atoms with van der Waals surface area (Å²) in [5.74, 6) is -0.943. The first-order chi connectivity index (χ1) is 9.02. The smallest absolute Gasteiger partial charge is 0.338 e. The van der Waals surface area contributed by atoms with Crippen molar-refractivity contribution in [2.45, 2.75) is 6.92 Å². The van der Waals surface area contributed by atoms with Crippen molar-refractivity contribution in [2.75, 3.05) is 12.4 Å². The van der Waals surface area contributed by atoms with Gasteiger partial charge in [-0.25, -0.2) is 4.79 Å². The minimum atomic E-state index is -1.06. The second-order valence-electron chi connectivity index (χ2n) is 3.68. The van der Waals surface area contributed by atoms with Gasteiger partial charge < -0.3 is 15.2 Å². The van der Waals surface area contributed by atoms with Crippen LogP contribution >= 0.6 is 22.7 Å². The third kappa shape index (κ3) is 2.77. The van der Waals surface area contributed by atoms with Crippen LogP contribution < -0.4 is 10.1 Å². The number of thiophene rings is 2. The lowest BCUT2D eigenvalue weighted by atomic mass is 10.3. The van der Waals surface area contributed by atoms with Crippen LogP contribution in [0, 0.1) is 6.92 Å². The van der Waals surface area contributed by atoms with Crippen LogP contribution in [0.4, 0.5) is 5.00 Å². The van der Waals surface area contributed by atoms with E-state index in [4.69, 9.17) is 9.84 Å². The number of aromatic carboxylic acids is 1. The minimum Gasteiger partial charge on any atom is -0.495 e. The van der Waals surface area contributed by atoms with Crippen LogP contribution in [0.3, 0.4) is 0 Å². The number of ether oxygens (including phenoxy) is 1. The van der Waals surface area contributed by atoms with Crippen molar-refractivity contribution in [1.29, 1.82) is 0 Å². The number of nitrogens with one attached hydrogen (secondary N) is 1. The van der Waals surface area contributed by atoms with E-state index in [1.54, 1.807) is 18.4 Å². The molecule has 2 N–H and O–H groups in total. The highest BCUT2D eigenvalue weighted by molar-refractivity contribution is 7.17. The number of carboxylic acids is 1. The topological polar surface area (TPSA) is 75.6 Å². The largest absolute Gasteiger partial charge is 0.495 e. The maximum absolute atomic E-state index is 12.1. The molecule has 0 radical (unpaired) electrons. The summed E-state index contributed by atoms with van der Waals surface area (Å²) in [5, 5.41) is 13.8. The highest BCUT2D eigenvalue weighted by Gasteiger charge is 2.19. The molecule has 100 valence electrons. The average Bonchev–Trinajstić information content (AvgIpc) is 2.95. The number of methoxy groups -OCH3 is 1. The number of carboxylic acid groups (broad SMARTS) is 1. The monoisotopic (exact) mass is 297 g/mol. The number of hydrogen-bond donors (Lipinski definition) is 2. The molecule has 5 nitrogen and oxygen atoms in total. The van der Waals surface area contributed by atoms with E-state index in [1.165, 1.54) is 35.8 Å². The van der Waals surface area contributed by atoms with Gasteiger partial charge in [-0.2, -0.15) is 0 Å². The van der Waals surface area contributed by atoms with E-state index in [-0.39, 0.29) is 11.5 Å². The highest BCUT2D eigenvalue weighted by Crippen LogP contribution is 2.30. The zero-order valence-corrected chi connectivity index (χ0v) is 11.9. The number of carbonyl (C=O) groups is 2. The maximum Gasteiger partial charge on any atom is 0.338 e. The Kier molecular flexibility index (Phi) is 3.87. The summed E-state index contributed by atoms with van der Waals surface area (Å²) in [4.78, 5) is 24.4. The van der Waals surface area contributed by atoms with Crippen LogP contribution in [0.5, 0.6) is 5.75 Å². The third-order valence-corrected chi connectivity index (χ3v) is 4.23. The Morgan fingerprint density at radius 1 is 1.42 bits per heavy atom. The molecule has 2 rings (SSSR count). The molecular formula is C12H11NO4S2. The van der Waals surface area contributed by atoms with E-state index >= 15 is 0 Å². The summed E-state index contributed by atoms with van der Waals surface area (Å²) < 4.78 is 5.06. The van der Waals surface area contributed by atoms with Crippen LogP contribution in [-0.2, 0) is 0 Å². The lowest BCUT2D eigenvalue weighted by Gasteiger charge is -2.04. The summed E-state index contributed by atoms with van der Waals surface area (Å²) in [6, 6.07) is 3.23. The predicted octanol–water partition coefficient (Wildman–Crippen LogP) is 3.08. The summed E-state index contributed by atoms with van der Waals surface area (Å²) in [6.07, 6.45) is 0. The number of carbonyl (C=O) groups excluding carboxylic acids is 1. The van der Waals surface area contributed by atoms with Gasteiger partial charge >= 0.3 is 5.97 Å². The fraction of sp³-hybridized carbons (Fsp3) is 0.167. The van der Waals surface area contributed by atoms with Crippen LogP contribution in [0.2, 0.25) is 0 Å². The molecule has 2 heterocycles. The SMILES string of the molecule is COc1ccsc1C(=O)Nc1sc(C)cc1C(=O)O. The van der Waals surface area contributed by atoms with Gasteiger partial charge in [0.05, 0.1) is 12.7 Å². The summed E-state index contributed by atoms with van der Waals surface area (Å²) >= 11 is 2.48. The van der Waals surface area contributed by atoms with Gasteiger partial charge in [0.2, 0.25) is 0 Å². The number of rotatable bonds is 4. The lowest BCUT2D eigenvalue weighted by molar-refractivity contribution is 0.0698. The van der Waals surface area contributed by atoms with Crippen molar-refractivity contribution in [3.8, 4) is 5.75 Å². The van der Waals surface area contributed by atoms with Gasteiger partial charge in [0.25, 0.3) is 5.91 Å². The van der Waals surface area contributed by atoms with E-state index in [1.807, 2.05) is 0 Å². The third-order valence-electron chi connectivity index (χ3n) is 2.37. The number of aryl methyl sites for hydroxylation is 1. The minimum absolute atomic E-state index is 0.103. The van der Waals surface area contributed by atoms with Gasteiger partial charge in [0, 0.05) is 4.88 Å². The lowest BCUT2D eigenvalue weighted by Crippen LogP contribution is -2.12. The van der Waals surface area contributed by atoms with Gasteiger partial charge in [0.15, 0.2) is 0 Å². The molecule has 0 aliphatic carbocycles. The Bertz CT molecular complexity index is 629. The number of hydrogen-bond acceptors (Lipinski definition) is 5. The van der Waals surface area contributed by atoms with E-state index < -0.39 is 5.97 Å². The van der Waals surface area contributed by atoms with E-state index in [9.17, 15) is 9.59 Å². The molecule has 7 heteroatoms. The van der Waals surface area contributed by atoms with Crippen LogP contribution in [0.25, 0.3) is 0 Å². The molecule has 0 fully saturated rings. The molecule has 0 saturated heterocycles. The zero-order valence-electron chi connectivity index (χ0n) is 10.2. The molecule has 0 unspecified atom stereocenters. The fourth-order valence-electron chi connectivity index (χ4n) is 1.55. The van der Waals surface area contributed by atoms with Gasteiger partial charge in [-0.15, -0.1) is 22.7 Å². The molecule has 0 aliphatic heterocycles. The highest BCUT2D eigenvalue weighted by atomic mass is 32.1. The molecule has 0 aliphatic rings. The first kappa shape index (κ1) is 13.6. The molecule has 0 aromatic carbocycles. The molecule has 2 aromatic heterocycles. The van der Waals surface area contributed by atoms with Crippen molar-refractivity contribution < 1.29 is 19.4 Å². The Balaban J connectivity index is 2.26. The first-order valence-electron chi connectivity index (χ1n) is 5.29. The average molecular weight is 297 g/mol. The predicted molar refractivity (Wildman–Crippen MR) is 74.8 cm³/mol. The first-order valence-corrected chi connectivity index (χ1v) is 6.99. The van der Waals surface area contributed by atoms with E-state index in [2.05, 4.69) is 5.32 Å². The molecule has 19 heavy (non-hydrogen) atoms. The molecular weight excluding hydrogens is 286 g/mol. The maximum atomic E-state index is 12.1. The Labute approximate surface area is 117 Å². The normalized spacial score (nSPS) is 10.2. The van der Waals surface area contributed by atoms with E-state index in [0.717, 1.165) is 4.88 Å². The second kappa shape index (κ2) is 5.41. The second-order valence-corrected chi connectivity index (χ2v) is 5.85. The molecule has 0 atom stereocenters.